The summed E-state index contributed by atoms with van der Waals surface area (Å²) in [7, 11) is 3.68. The SMILES string of the molecule is COCc1nnc2n1CCN(Cc1cc(C)nn1C)C2C. The van der Waals surface area contributed by atoms with Crippen LogP contribution in [-0.2, 0) is 31.5 Å². The molecular weight excluding hydrogens is 268 g/mol. The Morgan fingerprint density at radius 3 is 2.81 bits per heavy atom. The van der Waals surface area contributed by atoms with Crippen LogP contribution < -0.4 is 0 Å². The van der Waals surface area contributed by atoms with Gasteiger partial charge >= 0.3 is 0 Å². The van der Waals surface area contributed by atoms with Crippen LogP contribution >= 0.6 is 0 Å². The van der Waals surface area contributed by atoms with Gasteiger partial charge in [0.15, 0.2) is 5.82 Å². The minimum absolute atomic E-state index is 0.243. The molecule has 0 N–H and O–H groups in total. The number of ether oxygens (including phenoxy) is 1. The van der Waals surface area contributed by atoms with Gasteiger partial charge in [-0.2, -0.15) is 5.10 Å². The smallest absolute Gasteiger partial charge is 0.159 e. The molecule has 1 atom stereocenters. The van der Waals surface area contributed by atoms with Gasteiger partial charge in [-0.25, -0.2) is 0 Å². The monoisotopic (exact) mass is 290 g/mol. The molecule has 7 nitrogen and oxygen atoms in total. The number of rotatable bonds is 4. The van der Waals surface area contributed by atoms with Gasteiger partial charge in [-0.05, 0) is 19.9 Å². The standard InChI is InChI=1S/C14H22N6O/c1-10-7-12(18(3)17-10)8-19-5-6-20-13(9-21-4)15-16-14(20)11(19)2/h7,11H,5-6,8-9H2,1-4H3. The Morgan fingerprint density at radius 1 is 1.33 bits per heavy atom. The average molecular weight is 290 g/mol. The van der Waals surface area contributed by atoms with Crippen molar-refractivity contribution in [3.8, 4) is 0 Å². The molecule has 1 aliphatic heterocycles. The molecular formula is C14H22N6O. The highest BCUT2D eigenvalue weighted by atomic mass is 16.5. The number of hydrogen-bond acceptors (Lipinski definition) is 5. The highest BCUT2D eigenvalue weighted by Gasteiger charge is 2.28. The fourth-order valence-electron chi connectivity index (χ4n) is 2.96. The lowest BCUT2D eigenvalue weighted by molar-refractivity contribution is 0.140. The molecule has 114 valence electrons. The van der Waals surface area contributed by atoms with Crippen LogP contribution in [0.3, 0.4) is 0 Å². The molecule has 0 saturated carbocycles. The van der Waals surface area contributed by atoms with E-state index in [1.807, 2.05) is 18.7 Å². The maximum atomic E-state index is 5.18. The molecule has 21 heavy (non-hydrogen) atoms. The number of nitrogens with zero attached hydrogens (tertiary/aromatic N) is 6. The fourth-order valence-corrected chi connectivity index (χ4v) is 2.96. The predicted octanol–water partition coefficient (Wildman–Crippen LogP) is 1.04. The van der Waals surface area contributed by atoms with Crippen molar-refractivity contribution in [3.05, 3.63) is 29.1 Å². The van der Waals surface area contributed by atoms with Crippen molar-refractivity contribution in [2.75, 3.05) is 13.7 Å². The van der Waals surface area contributed by atoms with E-state index in [1.165, 1.54) is 5.69 Å². The van der Waals surface area contributed by atoms with Crippen molar-refractivity contribution >= 4 is 0 Å². The van der Waals surface area contributed by atoms with E-state index in [4.69, 9.17) is 4.74 Å². The van der Waals surface area contributed by atoms with Crippen LogP contribution in [0.25, 0.3) is 0 Å². The molecule has 1 aliphatic rings. The van der Waals surface area contributed by atoms with Crippen LogP contribution in [0.4, 0.5) is 0 Å². The number of aromatic nitrogens is 5. The molecule has 3 heterocycles. The largest absolute Gasteiger partial charge is 0.377 e. The third-order valence-electron chi connectivity index (χ3n) is 4.13. The summed E-state index contributed by atoms with van der Waals surface area (Å²) >= 11 is 0. The maximum Gasteiger partial charge on any atom is 0.159 e. The second kappa shape index (κ2) is 5.57. The van der Waals surface area contributed by atoms with Crippen molar-refractivity contribution in [2.45, 2.75) is 39.6 Å². The van der Waals surface area contributed by atoms with Crippen LogP contribution in [0, 0.1) is 6.92 Å². The van der Waals surface area contributed by atoms with E-state index in [9.17, 15) is 0 Å². The Labute approximate surface area is 124 Å². The molecule has 0 fully saturated rings. The van der Waals surface area contributed by atoms with Gasteiger partial charge in [0.05, 0.1) is 17.4 Å². The first-order valence-corrected chi connectivity index (χ1v) is 7.24. The zero-order chi connectivity index (χ0) is 15.0. The number of fused-ring (bicyclic) bond motifs is 1. The Kier molecular flexibility index (Phi) is 3.77. The molecule has 0 amide bonds. The van der Waals surface area contributed by atoms with Crippen LogP contribution in [0.5, 0.6) is 0 Å². The molecule has 0 spiro atoms. The zero-order valence-corrected chi connectivity index (χ0v) is 13.1. The first-order valence-electron chi connectivity index (χ1n) is 7.24. The molecule has 1 unspecified atom stereocenters. The van der Waals surface area contributed by atoms with Crippen molar-refractivity contribution in [1.29, 1.82) is 0 Å². The Balaban J connectivity index is 1.79. The lowest BCUT2D eigenvalue weighted by atomic mass is 10.2. The van der Waals surface area contributed by atoms with Crippen LogP contribution in [0.15, 0.2) is 6.07 Å². The third kappa shape index (κ3) is 2.58. The molecule has 3 rings (SSSR count). The minimum atomic E-state index is 0.243. The molecule has 0 radical (unpaired) electrons. The molecule has 0 aliphatic carbocycles. The van der Waals surface area contributed by atoms with E-state index in [2.05, 4.69) is 37.8 Å². The van der Waals surface area contributed by atoms with E-state index in [0.717, 1.165) is 37.0 Å². The molecule has 0 bridgehead atoms. The van der Waals surface area contributed by atoms with Crippen LogP contribution in [0.2, 0.25) is 0 Å². The molecule has 0 saturated heterocycles. The number of methoxy groups -OCH3 is 1. The van der Waals surface area contributed by atoms with Gasteiger partial charge < -0.3 is 9.30 Å². The Morgan fingerprint density at radius 2 is 2.14 bits per heavy atom. The summed E-state index contributed by atoms with van der Waals surface area (Å²) in [5.74, 6) is 1.93. The van der Waals surface area contributed by atoms with E-state index >= 15 is 0 Å². The van der Waals surface area contributed by atoms with Crippen LogP contribution in [-0.4, -0.2) is 43.1 Å². The van der Waals surface area contributed by atoms with Crippen LogP contribution in [0.1, 0.15) is 36.0 Å². The summed E-state index contributed by atoms with van der Waals surface area (Å²) in [6.07, 6.45) is 0. The van der Waals surface area contributed by atoms with Gasteiger partial charge in [0, 0.05) is 33.8 Å². The van der Waals surface area contributed by atoms with Crippen molar-refractivity contribution in [1.82, 2.24) is 29.4 Å². The summed E-state index contributed by atoms with van der Waals surface area (Å²) in [6.45, 7) is 7.48. The quantitative estimate of drug-likeness (QED) is 0.842. The highest BCUT2D eigenvalue weighted by molar-refractivity contribution is 5.10. The van der Waals surface area contributed by atoms with E-state index < -0.39 is 0 Å². The van der Waals surface area contributed by atoms with E-state index in [0.29, 0.717) is 6.61 Å². The summed E-state index contributed by atoms with van der Waals surface area (Å²) in [4.78, 5) is 2.41. The second-order valence-corrected chi connectivity index (χ2v) is 5.61. The van der Waals surface area contributed by atoms with E-state index in [-0.39, 0.29) is 6.04 Å². The first-order chi connectivity index (χ1) is 10.1. The summed E-state index contributed by atoms with van der Waals surface area (Å²) < 4.78 is 9.32. The van der Waals surface area contributed by atoms with Crippen molar-refractivity contribution in [3.63, 3.8) is 0 Å². The molecule has 7 heteroatoms. The van der Waals surface area contributed by atoms with Gasteiger partial charge in [-0.1, -0.05) is 0 Å². The van der Waals surface area contributed by atoms with Crippen molar-refractivity contribution < 1.29 is 4.74 Å². The fraction of sp³-hybridized carbons (Fsp3) is 0.643. The second-order valence-electron chi connectivity index (χ2n) is 5.61. The first kappa shape index (κ1) is 14.2. The third-order valence-corrected chi connectivity index (χ3v) is 4.13. The summed E-state index contributed by atoms with van der Waals surface area (Å²) in [6, 6.07) is 2.38. The van der Waals surface area contributed by atoms with E-state index in [1.54, 1.807) is 7.11 Å². The lowest BCUT2D eigenvalue weighted by Crippen LogP contribution is -2.37. The molecule has 2 aromatic rings. The van der Waals surface area contributed by atoms with Gasteiger partial charge in [0.25, 0.3) is 0 Å². The van der Waals surface area contributed by atoms with Gasteiger partial charge in [0.1, 0.15) is 12.4 Å². The number of hydrogen-bond donors (Lipinski definition) is 0. The molecule has 0 aromatic carbocycles. The average Bonchev–Trinajstić information content (AvgIpc) is 2.98. The normalized spacial score (nSPS) is 19.0. The zero-order valence-electron chi connectivity index (χ0n) is 13.1. The lowest BCUT2D eigenvalue weighted by Gasteiger charge is -2.33. The maximum absolute atomic E-state index is 5.18. The topological polar surface area (TPSA) is 61.0 Å². The predicted molar refractivity (Wildman–Crippen MR) is 77.5 cm³/mol. The van der Waals surface area contributed by atoms with Gasteiger partial charge in [0.2, 0.25) is 0 Å². The summed E-state index contributed by atoms with van der Waals surface area (Å²) in [5.41, 5.74) is 2.28. The molecule has 2 aromatic heterocycles. The number of aryl methyl sites for hydroxylation is 2. The van der Waals surface area contributed by atoms with Gasteiger partial charge in [-0.15, -0.1) is 10.2 Å². The minimum Gasteiger partial charge on any atom is -0.377 e. The van der Waals surface area contributed by atoms with Gasteiger partial charge in [-0.3, -0.25) is 9.58 Å². The Bertz CT molecular complexity index is 631. The van der Waals surface area contributed by atoms with Crippen molar-refractivity contribution in [2.24, 2.45) is 7.05 Å². The highest BCUT2D eigenvalue weighted by Crippen LogP contribution is 2.26. The Hall–Kier alpha value is -1.73. The summed E-state index contributed by atoms with van der Waals surface area (Å²) in [5, 5.41) is 13.0.